The molecule has 2 heterocycles. The zero-order valence-corrected chi connectivity index (χ0v) is 16.2. The lowest BCUT2D eigenvalue weighted by Crippen LogP contribution is -2.35. The predicted octanol–water partition coefficient (Wildman–Crippen LogP) is 3.93. The monoisotopic (exact) mass is 376 g/mol. The molecule has 1 fully saturated rings. The third kappa shape index (κ3) is 4.86. The minimum atomic E-state index is 0.107. The van der Waals surface area contributed by atoms with E-state index in [9.17, 15) is 0 Å². The number of nitrogens with two attached hydrogens (primary N) is 1. The van der Waals surface area contributed by atoms with Gasteiger partial charge in [0.05, 0.1) is 0 Å². The second-order valence-corrected chi connectivity index (χ2v) is 7.63. The molecule has 0 unspecified atom stereocenters. The Bertz CT molecular complexity index is 841. The molecule has 0 bridgehead atoms. The first-order chi connectivity index (χ1) is 13.8. The molecule has 5 nitrogen and oxygen atoms in total. The van der Waals surface area contributed by atoms with Crippen molar-refractivity contribution in [3.63, 3.8) is 0 Å². The Kier molecular flexibility index (Phi) is 6.14. The molecule has 1 aliphatic heterocycles. The molecule has 1 saturated heterocycles. The summed E-state index contributed by atoms with van der Waals surface area (Å²) in [6, 6.07) is 20.7. The van der Waals surface area contributed by atoms with E-state index in [4.69, 9.17) is 10.3 Å². The fourth-order valence-corrected chi connectivity index (χ4v) is 3.88. The zero-order chi connectivity index (χ0) is 19.2. The molecule has 146 valence electrons. The molecule has 0 saturated carbocycles. The number of hydrogen-bond acceptors (Lipinski definition) is 5. The summed E-state index contributed by atoms with van der Waals surface area (Å²) in [6.45, 7) is 3.15. The first-order valence-corrected chi connectivity index (χ1v) is 10.2. The highest BCUT2D eigenvalue weighted by atomic mass is 16.5. The van der Waals surface area contributed by atoms with Gasteiger partial charge in [-0.3, -0.25) is 0 Å². The Balaban J connectivity index is 1.24. The lowest BCUT2D eigenvalue weighted by molar-refractivity contribution is 0.189. The Morgan fingerprint density at radius 3 is 2.39 bits per heavy atom. The van der Waals surface area contributed by atoms with Crippen molar-refractivity contribution in [2.45, 2.75) is 37.6 Å². The molecule has 0 amide bonds. The van der Waals surface area contributed by atoms with E-state index in [2.05, 4.69) is 51.4 Å². The van der Waals surface area contributed by atoms with Crippen molar-refractivity contribution < 1.29 is 4.52 Å². The maximum Gasteiger partial charge on any atom is 0.229 e. The summed E-state index contributed by atoms with van der Waals surface area (Å²) >= 11 is 0. The van der Waals surface area contributed by atoms with Crippen LogP contribution in [0.3, 0.4) is 0 Å². The molecule has 28 heavy (non-hydrogen) atoms. The van der Waals surface area contributed by atoms with E-state index in [0.717, 1.165) is 57.0 Å². The molecule has 2 N–H and O–H groups in total. The van der Waals surface area contributed by atoms with Crippen LogP contribution in [0, 0.1) is 0 Å². The highest BCUT2D eigenvalue weighted by molar-refractivity contribution is 5.19. The highest BCUT2D eigenvalue weighted by Crippen LogP contribution is 2.27. The minimum absolute atomic E-state index is 0.107. The van der Waals surface area contributed by atoms with Crippen LogP contribution < -0.4 is 5.73 Å². The van der Waals surface area contributed by atoms with E-state index < -0.39 is 0 Å². The Hall–Kier alpha value is -2.50. The molecule has 0 spiro atoms. The molecule has 2 aromatic carbocycles. The van der Waals surface area contributed by atoms with Crippen LogP contribution in [-0.2, 0) is 6.42 Å². The molecule has 3 aromatic rings. The lowest BCUT2D eigenvalue weighted by Gasteiger charge is -2.31. The van der Waals surface area contributed by atoms with Crippen LogP contribution in [0.2, 0.25) is 0 Å². The van der Waals surface area contributed by atoms with Crippen LogP contribution >= 0.6 is 0 Å². The van der Waals surface area contributed by atoms with Gasteiger partial charge in [-0.25, -0.2) is 0 Å². The standard InChI is InChI=1S/C23H28N4O/c24-21(19-9-5-2-6-10-19)13-16-27-14-11-20(12-15-27)23-25-22(26-28-23)17-18-7-3-1-4-8-18/h1-10,20-21H,11-17,24H2/t21-/m0/s1. The van der Waals surface area contributed by atoms with E-state index in [1.54, 1.807) is 0 Å². The van der Waals surface area contributed by atoms with Crippen molar-refractivity contribution in [2.75, 3.05) is 19.6 Å². The molecule has 1 aliphatic rings. The third-order valence-electron chi connectivity index (χ3n) is 5.61. The molecule has 1 atom stereocenters. The number of benzene rings is 2. The van der Waals surface area contributed by atoms with Crippen molar-refractivity contribution >= 4 is 0 Å². The van der Waals surface area contributed by atoms with Gasteiger partial charge in [-0.15, -0.1) is 0 Å². The summed E-state index contributed by atoms with van der Waals surface area (Å²) in [7, 11) is 0. The van der Waals surface area contributed by atoms with Gasteiger partial charge in [0, 0.05) is 18.4 Å². The molecule has 0 radical (unpaired) electrons. The van der Waals surface area contributed by atoms with Crippen LogP contribution in [0.15, 0.2) is 65.2 Å². The Morgan fingerprint density at radius 2 is 1.68 bits per heavy atom. The van der Waals surface area contributed by atoms with Crippen LogP contribution in [0.5, 0.6) is 0 Å². The summed E-state index contributed by atoms with van der Waals surface area (Å²) < 4.78 is 5.57. The number of likely N-dealkylation sites (tertiary alicyclic amines) is 1. The largest absolute Gasteiger partial charge is 0.339 e. The number of hydrogen-bond donors (Lipinski definition) is 1. The molecule has 5 heteroatoms. The van der Waals surface area contributed by atoms with Crippen molar-refractivity contribution in [2.24, 2.45) is 5.73 Å². The normalized spacial score (nSPS) is 16.9. The van der Waals surface area contributed by atoms with Gasteiger partial charge in [-0.05, 0) is 50.0 Å². The average molecular weight is 377 g/mol. The van der Waals surface area contributed by atoms with Crippen molar-refractivity contribution in [1.29, 1.82) is 0 Å². The number of nitrogens with zero attached hydrogens (tertiary/aromatic N) is 3. The number of piperidine rings is 1. The van der Waals surface area contributed by atoms with E-state index in [1.165, 1.54) is 11.1 Å². The van der Waals surface area contributed by atoms with Crippen LogP contribution in [0.1, 0.15) is 54.1 Å². The summed E-state index contributed by atoms with van der Waals surface area (Å²) in [6.07, 6.45) is 3.83. The van der Waals surface area contributed by atoms with E-state index in [0.29, 0.717) is 5.92 Å². The third-order valence-corrected chi connectivity index (χ3v) is 5.61. The summed E-state index contributed by atoms with van der Waals surface area (Å²) in [5.74, 6) is 1.94. The van der Waals surface area contributed by atoms with Gasteiger partial charge in [0.2, 0.25) is 5.89 Å². The van der Waals surface area contributed by atoms with Gasteiger partial charge in [0.25, 0.3) is 0 Å². The van der Waals surface area contributed by atoms with Gasteiger partial charge in [0.15, 0.2) is 5.82 Å². The number of aromatic nitrogens is 2. The predicted molar refractivity (Wildman–Crippen MR) is 110 cm³/mol. The minimum Gasteiger partial charge on any atom is -0.339 e. The van der Waals surface area contributed by atoms with Crippen LogP contribution in [0.4, 0.5) is 0 Å². The topological polar surface area (TPSA) is 68.2 Å². The molecular weight excluding hydrogens is 348 g/mol. The van der Waals surface area contributed by atoms with Gasteiger partial charge >= 0.3 is 0 Å². The van der Waals surface area contributed by atoms with E-state index in [1.807, 2.05) is 24.3 Å². The van der Waals surface area contributed by atoms with Crippen LogP contribution in [0.25, 0.3) is 0 Å². The van der Waals surface area contributed by atoms with Gasteiger partial charge in [0.1, 0.15) is 0 Å². The highest BCUT2D eigenvalue weighted by Gasteiger charge is 2.25. The molecule has 0 aliphatic carbocycles. The second-order valence-electron chi connectivity index (χ2n) is 7.63. The van der Waals surface area contributed by atoms with Gasteiger partial charge < -0.3 is 15.2 Å². The summed E-state index contributed by atoms with van der Waals surface area (Å²) in [5.41, 5.74) is 8.76. The van der Waals surface area contributed by atoms with Gasteiger partial charge in [-0.2, -0.15) is 4.98 Å². The maximum atomic E-state index is 6.34. The van der Waals surface area contributed by atoms with E-state index in [-0.39, 0.29) is 6.04 Å². The smallest absolute Gasteiger partial charge is 0.229 e. The van der Waals surface area contributed by atoms with Crippen molar-refractivity contribution in [1.82, 2.24) is 15.0 Å². The van der Waals surface area contributed by atoms with Crippen molar-refractivity contribution in [3.05, 3.63) is 83.5 Å². The molecule has 4 rings (SSSR count). The Labute approximate surface area is 166 Å². The first kappa shape index (κ1) is 18.8. The number of rotatable bonds is 7. The Morgan fingerprint density at radius 1 is 1.00 bits per heavy atom. The maximum absolute atomic E-state index is 6.34. The van der Waals surface area contributed by atoms with Crippen molar-refractivity contribution in [3.8, 4) is 0 Å². The molecular formula is C23H28N4O. The quantitative estimate of drug-likeness (QED) is 0.677. The van der Waals surface area contributed by atoms with Crippen LogP contribution in [-0.4, -0.2) is 34.7 Å². The van der Waals surface area contributed by atoms with E-state index >= 15 is 0 Å². The van der Waals surface area contributed by atoms with Gasteiger partial charge in [-0.1, -0.05) is 65.8 Å². The average Bonchev–Trinajstić information content (AvgIpc) is 3.22. The SMILES string of the molecule is N[C@@H](CCN1CCC(c2nc(Cc3ccccc3)no2)CC1)c1ccccc1. The zero-order valence-electron chi connectivity index (χ0n) is 16.2. The second kappa shape index (κ2) is 9.13. The fraction of sp³-hybridized carbons (Fsp3) is 0.391. The molecule has 1 aromatic heterocycles. The summed E-state index contributed by atoms with van der Waals surface area (Å²) in [4.78, 5) is 7.15. The fourth-order valence-electron chi connectivity index (χ4n) is 3.88. The lowest BCUT2D eigenvalue weighted by atomic mass is 9.96. The first-order valence-electron chi connectivity index (χ1n) is 10.2. The summed E-state index contributed by atoms with van der Waals surface area (Å²) in [5, 5.41) is 4.18.